The molecule has 2 N–H and O–H groups in total. The van der Waals surface area contributed by atoms with Crippen molar-refractivity contribution in [3.05, 3.63) is 36.9 Å². The molecular formula is C12H10N6O2. The molecule has 0 saturated carbocycles. The van der Waals surface area contributed by atoms with E-state index in [-0.39, 0.29) is 6.54 Å². The summed E-state index contributed by atoms with van der Waals surface area (Å²) in [4.78, 5) is 23.0. The number of aromatic nitrogens is 5. The van der Waals surface area contributed by atoms with E-state index in [9.17, 15) is 4.79 Å². The van der Waals surface area contributed by atoms with Crippen LogP contribution in [0.2, 0.25) is 0 Å². The zero-order valence-corrected chi connectivity index (χ0v) is 10.3. The highest BCUT2D eigenvalue weighted by Gasteiger charge is 2.11. The summed E-state index contributed by atoms with van der Waals surface area (Å²) in [5.74, 6) is 0.0962. The van der Waals surface area contributed by atoms with Gasteiger partial charge in [-0.2, -0.15) is 9.78 Å². The molecule has 0 saturated heterocycles. The molecule has 0 spiro atoms. The number of anilines is 1. The van der Waals surface area contributed by atoms with Crippen LogP contribution in [-0.2, 0) is 4.79 Å². The molecule has 0 radical (unpaired) electrons. The molecular weight excluding hydrogens is 260 g/mol. The number of pyridine rings is 1. The van der Waals surface area contributed by atoms with E-state index in [1.54, 1.807) is 23.1 Å². The summed E-state index contributed by atoms with van der Waals surface area (Å²) in [7, 11) is 0. The number of hydrogen-bond donors (Lipinski definition) is 2. The molecule has 0 aliphatic carbocycles. The maximum absolute atomic E-state index is 10.6. The van der Waals surface area contributed by atoms with Crippen LogP contribution in [0.25, 0.3) is 16.9 Å². The van der Waals surface area contributed by atoms with Crippen molar-refractivity contribution >= 4 is 22.8 Å². The van der Waals surface area contributed by atoms with Crippen molar-refractivity contribution in [1.29, 1.82) is 0 Å². The SMILES string of the molecule is O=C(O)CNc1ncnc2c1cnn2-c1ccccn1. The van der Waals surface area contributed by atoms with Gasteiger partial charge in [0.15, 0.2) is 11.5 Å². The van der Waals surface area contributed by atoms with E-state index in [1.807, 2.05) is 12.1 Å². The number of carboxylic acids is 1. The van der Waals surface area contributed by atoms with Crippen LogP contribution in [0, 0.1) is 0 Å². The lowest BCUT2D eigenvalue weighted by Gasteiger charge is -2.04. The van der Waals surface area contributed by atoms with Crippen LogP contribution < -0.4 is 5.32 Å². The Kier molecular flexibility index (Phi) is 2.96. The molecule has 8 nitrogen and oxygen atoms in total. The summed E-state index contributed by atoms with van der Waals surface area (Å²) < 4.78 is 1.57. The molecule has 100 valence electrons. The lowest BCUT2D eigenvalue weighted by atomic mass is 10.4. The van der Waals surface area contributed by atoms with Crippen LogP contribution in [0.15, 0.2) is 36.9 Å². The van der Waals surface area contributed by atoms with E-state index in [4.69, 9.17) is 5.11 Å². The predicted octanol–water partition coefficient (Wildman–Crippen LogP) is 0.707. The number of nitrogens with zero attached hydrogens (tertiary/aromatic N) is 5. The van der Waals surface area contributed by atoms with Crippen LogP contribution in [0.4, 0.5) is 5.82 Å². The summed E-state index contributed by atoms with van der Waals surface area (Å²) >= 11 is 0. The fourth-order valence-electron chi connectivity index (χ4n) is 1.79. The van der Waals surface area contributed by atoms with Gasteiger partial charge in [0.25, 0.3) is 0 Å². The number of nitrogens with one attached hydrogen (secondary N) is 1. The monoisotopic (exact) mass is 270 g/mol. The minimum atomic E-state index is -0.964. The molecule has 0 aliphatic rings. The third kappa shape index (κ3) is 2.14. The minimum absolute atomic E-state index is 0.221. The summed E-state index contributed by atoms with van der Waals surface area (Å²) in [6, 6.07) is 5.46. The molecule has 3 heterocycles. The smallest absolute Gasteiger partial charge is 0.322 e. The van der Waals surface area contributed by atoms with Crippen molar-refractivity contribution in [2.75, 3.05) is 11.9 Å². The molecule has 0 unspecified atom stereocenters. The first kappa shape index (κ1) is 12.0. The lowest BCUT2D eigenvalue weighted by Crippen LogP contribution is -2.13. The van der Waals surface area contributed by atoms with Gasteiger partial charge in [-0.1, -0.05) is 6.07 Å². The molecule has 0 amide bonds. The second-order valence-electron chi connectivity index (χ2n) is 3.95. The van der Waals surface area contributed by atoms with Gasteiger partial charge in [0, 0.05) is 6.20 Å². The molecule has 0 aromatic carbocycles. The number of aliphatic carboxylic acids is 1. The maximum Gasteiger partial charge on any atom is 0.322 e. The van der Waals surface area contributed by atoms with E-state index >= 15 is 0 Å². The Bertz CT molecular complexity index is 755. The molecule has 0 atom stereocenters. The fraction of sp³-hybridized carbons (Fsp3) is 0.0833. The third-order valence-electron chi connectivity index (χ3n) is 2.64. The Balaban J connectivity index is 2.06. The average molecular weight is 270 g/mol. The van der Waals surface area contributed by atoms with E-state index < -0.39 is 5.97 Å². The van der Waals surface area contributed by atoms with Crippen molar-refractivity contribution in [3.63, 3.8) is 0 Å². The van der Waals surface area contributed by atoms with Gasteiger partial charge in [-0.3, -0.25) is 4.79 Å². The highest BCUT2D eigenvalue weighted by Crippen LogP contribution is 2.20. The van der Waals surface area contributed by atoms with E-state index in [0.717, 1.165) is 0 Å². The molecule has 0 aliphatic heterocycles. The van der Waals surface area contributed by atoms with Crippen LogP contribution in [-0.4, -0.2) is 42.4 Å². The molecule has 0 fully saturated rings. The van der Waals surface area contributed by atoms with E-state index in [0.29, 0.717) is 22.7 Å². The first-order chi connectivity index (χ1) is 9.75. The fourth-order valence-corrected chi connectivity index (χ4v) is 1.79. The van der Waals surface area contributed by atoms with Gasteiger partial charge < -0.3 is 10.4 Å². The predicted molar refractivity (Wildman–Crippen MR) is 70.6 cm³/mol. The van der Waals surface area contributed by atoms with Gasteiger partial charge in [0.05, 0.1) is 11.6 Å². The van der Waals surface area contributed by atoms with Crippen molar-refractivity contribution < 1.29 is 9.90 Å². The summed E-state index contributed by atoms with van der Waals surface area (Å²) in [5.41, 5.74) is 0.562. The van der Waals surface area contributed by atoms with Gasteiger partial charge in [0.2, 0.25) is 0 Å². The van der Waals surface area contributed by atoms with Crippen LogP contribution in [0.5, 0.6) is 0 Å². The Morgan fingerprint density at radius 1 is 1.30 bits per heavy atom. The van der Waals surface area contributed by atoms with Gasteiger partial charge in [-0.25, -0.2) is 15.0 Å². The largest absolute Gasteiger partial charge is 0.480 e. The van der Waals surface area contributed by atoms with Crippen LogP contribution in [0.1, 0.15) is 0 Å². The van der Waals surface area contributed by atoms with E-state index in [1.165, 1.54) is 6.33 Å². The molecule has 0 bridgehead atoms. The number of rotatable bonds is 4. The Morgan fingerprint density at radius 3 is 2.95 bits per heavy atom. The summed E-state index contributed by atoms with van der Waals surface area (Å²) in [5, 5.41) is 16.3. The van der Waals surface area contributed by atoms with Gasteiger partial charge in [0.1, 0.15) is 18.7 Å². The normalized spacial score (nSPS) is 10.6. The molecule has 3 aromatic heterocycles. The van der Waals surface area contributed by atoms with Crippen LogP contribution in [0.3, 0.4) is 0 Å². The Labute approximate surface area is 113 Å². The first-order valence-electron chi connectivity index (χ1n) is 5.81. The Hall–Kier alpha value is -3.03. The number of fused-ring (bicyclic) bond motifs is 1. The zero-order chi connectivity index (χ0) is 13.9. The van der Waals surface area contributed by atoms with Gasteiger partial charge in [-0.05, 0) is 12.1 Å². The van der Waals surface area contributed by atoms with Crippen molar-refractivity contribution in [1.82, 2.24) is 24.7 Å². The third-order valence-corrected chi connectivity index (χ3v) is 2.64. The molecule has 3 rings (SSSR count). The summed E-state index contributed by atoms with van der Waals surface area (Å²) in [6.07, 6.45) is 4.59. The second kappa shape index (κ2) is 4.92. The minimum Gasteiger partial charge on any atom is -0.480 e. The molecule has 8 heteroatoms. The first-order valence-corrected chi connectivity index (χ1v) is 5.81. The van der Waals surface area contributed by atoms with E-state index in [2.05, 4.69) is 25.4 Å². The number of hydrogen-bond acceptors (Lipinski definition) is 6. The molecule has 3 aromatic rings. The van der Waals surface area contributed by atoms with Crippen molar-refractivity contribution in [2.45, 2.75) is 0 Å². The maximum atomic E-state index is 10.6. The van der Waals surface area contributed by atoms with Crippen LogP contribution >= 0.6 is 0 Å². The quantitative estimate of drug-likeness (QED) is 0.719. The average Bonchev–Trinajstić information content (AvgIpc) is 2.90. The second-order valence-corrected chi connectivity index (χ2v) is 3.95. The van der Waals surface area contributed by atoms with Gasteiger partial charge >= 0.3 is 5.97 Å². The number of carbonyl (C=O) groups is 1. The Morgan fingerprint density at radius 2 is 2.20 bits per heavy atom. The topological polar surface area (TPSA) is 106 Å². The highest BCUT2D eigenvalue weighted by atomic mass is 16.4. The van der Waals surface area contributed by atoms with Crippen molar-refractivity contribution in [2.24, 2.45) is 0 Å². The van der Waals surface area contributed by atoms with Gasteiger partial charge in [-0.15, -0.1) is 0 Å². The van der Waals surface area contributed by atoms with Crippen molar-refractivity contribution in [3.8, 4) is 5.82 Å². The molecule has 20 heavy (non-hydrogen) atoms. The standard InChI is InChI=1S/C12H10N6O2/c19-10(20)6-14-11-8-5-17-18(12(8)16-7-15-11)9-3-1-2-4-13-9/h1-5,7H,6H2,(H,19,20)(H,14,15,16). The summed E-state index contributed by atoms with van der Waals surface area (Å²) in [6.45, 7) is -0.221. The lowest BCUT2D eigenvalue weighted by molar-refractivity contribution is -0.134. The zero-order valence-electron chi connectivity index (χ0n) is 10.3. The number of carboxylic acid groups (broad SMARTS) is 1. The highest BCUT2D eigenvalue weighted by molar-refractivity contribution is 5.88.